The molecular weight excluding hydrogens is 342 g/mol. The fourth-order valence-electron chi connectivity index (χ4n) is 2.56. The maximum absolute atomic E-state index is 12.7. The first-order valence-corrected chi connectivity index (χ1v) is 7.60. The van der Waals surface area contributed by atoms with Gasteiger partial charge in [-0.2, -0.15) is 4.98 Å². The topological polar surface area (TPSA) is 63.0 Å². The van der Waals surface area contributed by atoms with Crippen LogP contribution in [0, 0.1) is 6.92 Å². The van der Waals surface area contributed by atoms with Crippen LogP contribution >= 0.6 is 23.2 Å². The molecule has 2 aromatic heterocycles. The third-order valence-corrected chi connectivity index (χ3v) is 4.07. The zero-order valence-corrected chi connectivity index (χ0v) is 13.7. The number of aromatic nitrogens is 3. The Hall–Kier alpha value is -2.05. The molecule has 0 atom stereocenters. The van der Waals surface area contributed by atoms with E-state index < -0.39 is 6.67 Å². The van der Waals surface area contributed by atoms with Crippen molar-refractivity contribution < 1.29 is 9.50 Å². The number of nitrogens with one attached hydrogen (secondary N) is 1. The molecule has 2 N–H and O–H groups in total. The molecule has 0 saturated carbocycles. The van der Waals surface area contributed by atoms with Gasteiger partial charge in [-0.15, -0.1) is 0 Å². The molecule has 0 bridgehead atoms. The predicted molar refractivity (Wildman–Crippen MR) is 89.6 cm³/mol. The summed E-state index contributed by atoms with van der Waals surface area (Å²) in [5.41, 5.74) is 1.38. The number of aromatic hydroxyl groups is 1. The number of rotatable bonds is 4. The van der Waals surface area contributed by atoms with Crippen molar-refractivity contribution in [2.45, 2.75) is 13.5 Å². The van der Waals surface area contributed by atoms with Gasteiger partial charge in [0.2, 0.25) is 11.2 Å². The van der Waals surface area contributed by atoms with Crippen LogP contribution in [0.4, 0.5) is 15.9 Å². The monoisotopic (exact) mass is 354 g/mol. The van der Waals surface area contributed by atoms with Crippen LogP contribution in [0.25, 0.3) is 10.8 Å². The van der Waals surface area contributed by atoms with Crippen LogP contribution in [0.5, 0.6) is 5.88 Å². The van der Waals surface area contributed by atoms with Crippen molar-refractivity contribution in [3.05, 3.63) is 40.4 Å². The van der Waals surface area contributed by atoms with E-state index in [2.05, 4.69) is 15.3 Å². The van der Waals surface area contributed by atoms with Crippen LogP contribution in [0.15, 0.2) is 24.4 Å². The van der Waals surface area contributed by atoms with Gasteiger partial charge in [0.05, 0.1) is 23.8 Å². The summed E-state index contributed by atoms with van der Waals surface area (Å²) in [6, 6.07) is 5.46. The van der Waals surface area contributed by atoms with E-state index in [-0.39, 0.29) is 17.7 Å². The Kier molecular flexibility index (Phi) is 4.28. The zero-order chi connectivity index (χ0) is 16.6. The summed E-state index contributed by atoms with van der Waals surface area (Å²) in [6.45, 7) is 1.35. The van der Waals surface area contributed by atoms with Crippen LogP contribution in [-0.2, 0) is 6.54 Å². The molecule has 0 fully saturated rings. The molecule has 0 spiro atoms. The molecular formula is C15H13Cl2FN4O. The number of hydrogen-bond acceptors (Lipinski definition) is 4. The molecule has 2 heterocycles. The van der Waals surface area contributed by atoms with E-state index in [1.165, 1.54) is 10.8 Å². The number of nitrogens with zero attached hydrogens (tertiary/aromatic N) is 3. The molecule has 120 valence electrons. The summed E-state index contributed by atoms with van der Waals surface area (Å²) >= 11 is 11.8. The molecule has 8 heteroatoms. The van der Waals surface area contributed by atoms with Gasteiger partial charge in [0, 0.05) is 11.1 Å². The van der Waals surface area contributed by atoms with Crippen LogP contribution < -0.4 is 5.32 Å². The second-order valence-corrected chi connectivity index (χ2v) is 5.68. The van der Waals surface area contributed by atoms with Crippen molar-refractivity contribution in [2.75, 3.05) is 12.0 Å². The molecule has 23 heavy (non-hydrogen) atoms. The first kappa shape index (κ1) is 15.8. The average molecular weight is 355 g/mol. The van der Waals surface area contributed by atoms with Gasteiger partial charge in [-0.3, -0.25) is 0 Å². The quantitative estimate of drug-likeness (QED) is 0.678. The fourth-order valence-corrected chi connectivity index (χ4v) is 2.83. The van der Waals surface area contributed by atoms with E-state index in [0.29, 0.717) is 21.9 Å². The second kappa shape index (κ2) is 6.22. The van der Waals surface area contributed by atoms with Gasteiger partial charge in [0.1, 0.15) is 11.7 Å². The number of benzene rings is 1. The molecule has 1 aromatic carbocycles. The van der Waals surface area contributed by atoms with E-state index in [1.54, 1.807) is 6.07 Å². The van der Waals surface area contributed by atoms with Crippen LogP contribution in [-0.4, -0.2) is 26.3 Å². The molecule has 0 amide bonds. The van der Waals surface area contributed by atoms with Gasteiger partial charge >= 0.3 is 0 Å². The summed E-state index contributed by atoms with van der Waals surface area (Å²) in [4.78, 5) is 7.82. The van der Waals surface area contributed by atoms with E-state index >= 15 is 0 Å². The highest BCUT2D eigenvalue weighted by atomic mass is 35.5. The number of hydrogen-bond donors (Lipinski definition) is 2. The Morgan fingerprint density at radius 3 is 2.87 bits per heavy atom. The van der Waals surface area contributed by atoms with E-state index in [9.17, 15) is 9.50 Å². The van der Waals surface area contributed by atoms with Crippen molar-refractivity contribution in [3.63, 3.8) is 0 Å². The number of alkyl halides is 1. The number of anilines is 2. The Morgan fingerprint density at radius 1 is 1.35 bits per heavy atom. The summed E-state index contributed by atoms with van der Waals surface area (Å²) < 4.78 is 14.2. The third-order valence-electron chi connectivity index (χ3n) is 3.61. The van der Waals surface area contributed by atoms with Crippen LogP contribution in [0.2, 0.25) is 10.3 Å². The van der Waals surface area contributed by atoms with Gasteiger partial charge in [-0.05, 0) is 24.6 Å². The lowest BCUT2D eigenvalue weighted by Gasteiger charge is -2.09. The average Bonchev–Trinajstić information content (AvgIpc) is 2.77. The molecule has 0 unspecified atom stereocenters. The lowest BCUT2D eigenvalue weighted by molar-refractivity contribution is 0.383. The van der Waals surface area contributed by atoms with E-state index in [1.807, 2.05) is 19.1 Å². The largest absolute Gasteiger partial charge is 0.494 e. The summed E-state index contributed by atoms with van der Waals surface area (Å²) in [6.07, 6.45) is 1.39. The van der Waals surface area contributed by atoms with Gasteiger partial charge in [-0.1, -0.05) is 23.7 Å². The van der Waals surface area contributed by atoms with E-state index in [4.69, 9.17) is 23.2 Å². The molecule has 0 aliphatic carbocycles. The van der Waals surface area contributed by atoms with Crippen molar-refractivity contribution in [2.24, 2.45) is 0 Å². The molecule has 3 aromatic rings. The highest BCUT2D eigenvalue weighted by Gasteiger charge is 2.17. The summed E-state index contributed by atoms with van der Waals surface area (Å²) in [5, 5.41) is 15.2. The Bertz CT molecular complexity index is 882. The summed E-state index contributed by atoms with van der Waals surface area (Å²) in [7, 11) is 0. The van der Waals surface area contributed by atoms with Gasteiger partial charge in [0.25, 0.3) is 0 Å². The predicted octanol–water partition coefficient (Wildman–Crippen LogP) is 4.47. The smallest absolute Gasteiger partial charge is 0.224 e. The normalized spacial score (nSPS) is 11.1. The highest BCUT2D eigenvalue weighted by molar-refractivity contribution is 6.33. The Balaban J connectivity index is 2.15. The fraction of sp³-hybridized carbons (Fsp3) is 0.200. The minimum atomic E-state index is -0.564. The molecule has 0 radical (unpaired) electrons. The minimum absolute atomic E-state index is 0.00507. The lowest BCUT2D eigenvalue weighted by atomic mass is 10.1. The van der Waals surface area contributed by atoms with Gasteiger partial charge in [0.15, 0.2) is 5.82 Å². The van der Waals surface area contributed by atoms with Gasteiger partial charge < -0.3 is 15.0 Å². The van der Waals surface area contributed by atoms with E-state index in [0.717, 1.165) is 11.1 Å². The second-order valence-electron chi connectivity index (χ2n) is 4.94. The van der Waals surface area contributed by atoms with Crippen molar-refractivity contribution in [1.82, 2.24) is 14.5 Å². The molecule has 5 nitrogen and oxygen atoms in total. The molecule has 3 rings (SSSR count). The zero-order valence-electron chi connectivity index (χ0n) is 12.1. The van der Waals surface area contributed by atoms with Crippen molar-refractivity contribution in [3.8, 4) is 5.88 Å². The minimum Gasteiger partial charge on any atom is -0.494 e. The number of aryl methyl sites for hydroxylation is 1. The lowest BCUT2D eigenvalue weighted by Crippen LogP contribution is -2.00. The Labute approximate surface area is 141 Å². The molecule has 0 saturated heterocycles. The molecule has 0 aliphatic rings. The number of halogens is 3. The maximum Gasteiger partial charge on any atom is 0.224 e. The van der Waals surface area contributed by atoms with Gasteiger partial charge in [-0.25, -0.2) is 9.37 Å². The third kappa shape index (κ3) is 2.80. The Morgan fingerprint density at radius 2 is 2.13 bits per heavy atom. The molecule has 0 aliphatic heterocycles. The first-order valence-electron chi connectivity index (χ1n) is 6.84. The highest BCUT2D eigenvalue weighted by Crippen LogP contribution is 2.38. The standard InChI is InChI=1S/C15H13Cl2FN4O/c1-8-9-3-2-4-11(12(9)14(23)22(8)6-5-18)20-13-10(16)7-19-15(17)21-13/h2-4,7,23H,5-6H2,1H3,(H,19,20,21). The van der Waals surface area contributed by atoms with Crippen LogP contribution in [0.1, 0.15) is 5.69 Å². The van der Waals surface area contributed by atoms with Crippen LogP contribution in [0.3, 0.4) is 0 Å². The maximum atomic E-state index is 12.7. The first-order chi connectivity index (χ1) is 11.0. The van der Waals surface area contributed by atoms with Crippen molar-refractivity contribution in [1.29, 1.82) is 0 Å². The van der Waals surface area contributed by atoms with Crippen molar-refractivity contribution >= 4 is 45.5 Å². The SMILES string of the molecule is Cc1c2cccc(Nc3nc(Cl)ncc3Cl)c2c(O)n1CCF. The summed E-state index contributed by atoms with van der Waals surface area (Å²) in [5.74, 6) is 0.323. The number of fused-ring (bicyclic) bond motifs is 1.